The van der Waals surface area contributed by atoms with E-state index >= 15 is 0 Å². The molecule has 0 aliphatic rings. The zero-order chi connectivity index (χ0) is 20.8. The molecule has 0 aliphatic heterocycles. The van der Waals surface area contributed by atoms with Crippen molar-refractivity contribution in [2.75, 3.05) is 23.7 Å². The Morgan fingerprint density at radius 1 is 0.633 bits per heavy atom. The quantitative estimate of drug-likeness (QED) is 0.356. The van der Waals surface area contributed by atoms with E-state index in [-0.39, 0.29) is 13.1 Å². The van der Waals surface area contributed by atoms with Crippen LogP contribution in [0, 0.1) is 0 Å². The average molecular weight is 402 g/mol. The number of aromatic nitrogens is 4. The topological polar surface area (TPSA) is 116 Å². The monoisotopic (exact) mass is 402 g/mol. The highest BCUT2D eigenvalue weighted by Gasteiger charge is 2.15. The van der Waals surface area contributed by atoms with Crippen molar-refractivity contribution in [1.29, 1.82) is 0 Å². The summed E-state index contributed by atoms with van der Waals surface area (Å²) < 4.78 is 0. The third-order valence-electron chi connectivity index (χ3n) is 4.69. The average Bonchev–Trinajstić information content (AvgIpc) is 2.82. The van der Waals surface area contributed by atoms with E-state index in [0.29, 0.717) is 22.7 Å². The van der Waals surface area contributed by atoms with Gasteiger partial charge in [-0.1, -0.05) is 60.7 Å². The van der Waals surface area contributed by atoms with Crippen LogP contribution in [-0.4, -0.2) is 43.5 Å². The highest BCUT2D eigenvalue weighted by molar-refractivity contribution is 5.92. The number of aliphatic hydroxyl groups is 2. The Balaban J connectivity index is 1.49. The summed E-state index contributed by atoms with van der Waals surface area (Å²) in [5.41, 5.74) is 2.68. The molecule has 0 bridgehead atoms. The van der Waals surface area contributed by atoms with E-state index in [9.17, 15) is 10.2 Å². The molecule has 0 aliphatic carbocycles. The molecule has 0 fully saturated rings. The molecule has 2 atom stereocenters. The summed E-state index contributed by atoms with van der Waals surface area (Å²) in [4.78, 5) is 8.73. The first-order chi connectivity index (χ1) is 14.7. The van der Waals surface area contributed by atoms with Gasteiger partial charge in [-0.15, -0.1) is 10.2 Å². The van der Waals surface area contributed by atoms with Crippen molar-refractivity contribution in [3.8, 4) is 0 Å². The first kappa shape index (κ1) is 19.7. The van der Waals surface area contributed by atoms with Gasteiger partial charge in [0.05, 0.1) is 12.2 Å². The molecule has 2 heterocycles. The number of hydrogen-bond donors (Lipinski definition) is 4. The molecule has 4 N–H and O–H groups in total. The van der Waals surface area contributed by atoms with Crippen LogP contribution >= 0.6 is 0 Å². The Labute approximate surface area is 173 Å². The molecule has 2 aromatic carbocycles. The van der Waals surface area contributed by atoms with Crippen LogP contribution in [0.15, 0.2) is 73.1 Å². The van der Waals surface area contributed by atoms with E-state index in [1.165, 1.54) is 0 Å². The van der Waals surface area contributed by atoms with Crippen LogP contribution in [0.2, 0.25) is 0 Å². The summed E-state index contributed by atoms with van der Waals surface area (Å²) in [6, 6.07) is 18.8. The van der Waals surface area contributed by atoms with Crippen LogP contribution in [-0.2, 0) is 0 Å². The SMILES string of the molecule is OC(CNc1nnc(NCC(O)c2ccccc2)c2nccnc12)c1ccccc1. The van der Waals surface area contributed by atoms with E-state index in [2.05, 4.69) is 30.8 Å². The molecule has 152 valence electrons. The standard InChI is InChI=1S/C22H22N6O2/c29-17(15-7-3-1-4-8-15)13-25-21-19-20(24-12-11-23-19)22(28-27-21)26-14-18(30)16-9-5-2-6-10-16/h1-12,17-18,29-30H,13-14H2,(H,25,27)(H,26,28). The highest BCUT2D eigenvalue weighted by atomic mass is 16.3. The van der Waals surface area contributed by atoms with Crippen molar-refractivity contribution in [2.24, 2.45) is 0 Å². The van der Waals surface area contributed by atoms with Gasteiger partial charge in [-0.25, -0.2) is 9.97 Å². The summed E-state index contributed by atoms with van der Waals surface area (Å²) in [6.45, 7) is 0.508. The zero-order valence-electron chi connectivity index (χ0n) is 16.2. The second kappa shape index (κ2) is 9.25. The maximum Gasteiger partial charge on any atom is 0.177 e. The molecular formula is C22H22N6O2. The predicted octanol–water partition coefficient (Wildman–Crippen LogP) is 2.71. The molecule has 0 saturated carbocycles. The maximum absolute atomic E-state index is 10.4. The van der Waals surface area contributed by atoms with E-state index in [1.807, 2.05) is 60.7 Å². The minimum atomic E-state index is -0.696. The van der Waals surface area contributed by atoms with E-state index in [0.717, 1.165) is 11.1 Å². The van der Waals surface area contributed by atoms with Crippen LogP contribution in [0.4, 0.5) is 11.6 Å². The summed E-state index contributed by atoms with van der Waals surface area (Å²) in [6.07, 6.45) is 1.76. The molecule has 4 rings (SSSR count). The molecule has 30 heavy (non-hydrogen) atoms. The van der Waals surface area contributed by atoms with Gasteiger partial charge in [-0.05, 0) is 11.1 Å². The minimum absolute atomic E-state index is 0.254. The Hall–Kier alpha value is -3.62. The molecule has 8 heteroatoms. The summed E-state index contributed by atoms with van der Waals surface area (Å²) in [5, 5.41) is 35.4. The van der Waals surface area contributed by atoms with Crippen LogP contribution in [0.1, 0.15) is 23.3 Å². The van der Waals surface area contributed by atoms with Crippen LogP contribution < -0.4 is 10.6 Å². The Morgan fingerprint density at radius 3 is 1.43 bits per heavy atom. The first-order valence-electron chi connectivity index (χ1n) is 9.63. The van der Waals surface area contributed by atoms with Crippen molar-refractivity contribution in [3.63, 3.8) is 0 Å². The Bertz CT molecular complexity index is 1010. The zero-order valence-corrected chi connectivity index (χ0v) is 16.2. The fourth-order valence-electron chi connectivity index (χ4n) is 3.09. The van der Waals surface area contributed by atoms with Gasteiger partial charge < -0.3 is 20.8 Å². The van der Waals surface area contributed by atoms with Crippen LogP contribution in [0.3, 0.4) is 0 Å². The molecule has 8 nitrogen and oxygen atoms in total. The van der Waals surface area contributed by atoms with Crippen LogP contribution in [0.5, 0.6) is 0 Å². The second-order valence-electron chi connectivity index (χ2n) is 6.77. The highest BCUT2D eigenvalue weighted by Crippen LogP contribution is 2.23. The number of rotatable bonds is 8. The normalized spacial score (nSPS) is 13.0. The van der Waals surface area contributed by atoms with E-state index < -0.39 is 12.2 Å². The third-order valence-corrected chi connectivity index (χ3v) is 4.69. The smallest absolute Gasteiger partial charge is 0.177 e. The third kappa shape index (κ3) is 4.51. The number of fused-ring (bicyclic) bond motifs is 1. The van der Waals surface area contributed by atoms with Gasteiger partial charge in [0, 0.05) is 25.5 Å². The molecule has 0 radical (unpaired) electrons. The van der Waals surface area contributed by atoms with Crippen molar-refractivity contribution in [3.05, 3.63) is 84.2 Å². The number of aliphatic hydroxyl groups excluding tert-OH is 2. The number of anilines is 2. The number of nitrogens with zero attached hydrogens (tertiary/aromatic N) is 4. The molecule has 0 spiro atoms. The summed E-state index contributed by atoms with van der Waals surface area (Å²) in [7, 11) is 0. The van der Waals surface area contributed by atoms with Gasteiger partial charge in [0.2, 0.25) is 0 Å². The van der Waals surface area contributed by atoms with Crippen LogP contribution in [0.25, 0.3) is 11.0 Å². The molecule has 0 amide bonds. The number of benzene rings is 2. The van der Waals surface area contributed by atoms with E-state index in [1.54, 1.807) is 12.4 Å². The lowest BCUT2D eigenvalue weighted by Crippen LogP contribution is -2.16. The maximum atomic E-state index is 10.4. The lowest BCUT2D eigenvalue weighted by Gasteiger charge is -2.15. The lowest BCUT2D eigenvalue weighted by atomic mass is 10.1. The Morgan fingerprint density at radius 2 is 1.03 bits per heavy atom. The lowest BCUT2D eigenvalue weighted by molar-refractivity contribution is 0.191. The van der Waals surface area contributed by atoms with Gasteiger partial charge in [0.1, 0.15) is 11.0 Å². The molecular weight excluding hydrogens is 380 g/mol. The van der Waals surface area contributed by atoms with Gasteiger partial charge >= 0.3 is 0 Å². The fraction of sp³-hybridized carbons (Fsp3) is 0.182. The molecule has 4 aromatic rings. The second-order valence-corrected chi connectivity index (χ2v) is 6.77. The predicted molar refractivity (Wildman–Crippen MR) is 115 cm³/mol. The van der Waals surface area contributed by atoms with Crippen molar-refractivity contribution < 1.29 is 10.2 Å². The van der Waals surface area contributed by atoms with Gasteiger partial charge in [0.25, 0.3) is 0 Å². The largest absolute Gasteiger partial charge is 0.387 e. The van der Waals surface area contributed by atoms with Gasteiger partial charge in [-0.2, -0.15) is 0 Å². The number of nitrogens with one attached hydrogen (secondary N) is 2. The Kier molecular flexibility index (Phi) is 6.07. The number of hydrogen-bond acceptors (Lipinski definition) is 8. The first-order valence-corrected chi connectivity index (χ1v) is 9.63. The van der Waals surface area contributed by atoms with Gasteiger partial charge in [-0.3, -0.25) is 0 Å². The van der Waals surface area contributed by atoms with E-state index in [4.69, 9.17) is 0 Å². The molecule has 2 aromatic heterocycles. The van der Waals surface area contributed by atoms with Crippen molar-refractivity contribution in [1.82, 2.24) is 20.2 Å². The fourth-order valence-corrected chi connectivity index (χ4v) is 3.09. The summed E-state index contributed by atoms with van der Waals surface area (Å²) >= 11 is 0. The van der Waals surface area contributed by atoms with Crippen molar-refractivity contribution >= 4 is 22.7 Å². The molecule has 0 saturated heterocycles. The van der Waals surface area contributed by atoms with Gasteiger partial charge in [0.15, 0.2) is 11.6 Å². The van der Waals surface area contributed by atoms with Crippen molar-refractivity contribution in [2.45, 2.75) is 12.2 Å². The summed E-state index contributed by atoms with van der Waals surface area (Å²) in [5.74, 6) is 0.865. The molecule has 2 unspecified atom stereocenters. The minimum Gasteiger partial charge on any atom is -0.387 e.